The van der Waals surface area contributed by atoms with Gasteiger partial charge in [0, 0.05) is 49.4 Å². The molecule has 196 valence electrons. The fourth-order valence-corrected chi connectivity index (χ4v) is 5.92. The van der Waals surface area contributed by atoms with Gasteiger partial charge < -0.3 is 19.4 Å². The summed E-state index contributed by atoms with van der Waals surface area (Å²) in [5.74, 6) is 0.331. The lowest BCUT2D eigenvalue weighted by Crippen LogP contribution is -2.62. The van der Waals surface area contributed by atoms with Crippen molar-refractivity contribution in [3.05, 3.63) is 42.2 Å². The number of likely N-dealkylation sites (tertiary alicyclic amines) is 1. The molecule has 0 unspecified atom stereocenters. The number of amides is 1. The smallest absolute Gasteiger partial charge is 0.240 e. The number of carbonyl (C=O) groups is 1. The standard InChI is InChI=1S/C26H32N6O4S/c1-30(2)9-6-10-36-24-21(29-37(5,34)35)12-18(13-28-24)17-7-8-20-19(11-17)23-22(14-27-20)32(4)25(33)26(23)15-31(3)16-26/h7-8,11-14,29H,6,9-10,15-16H2,1-5H3. The molecule has 2 aliphatic rings. The van der Waals surface area contributed by atoms with E-state index in [2.05, 4.69) is 24.5 Å². The molecule has 37 heavy (non-hydrogen) atoms. The summed E-state index contributed by atoms with van der Waals surface area (Å²) >= 11 is 0. The monoisotopic (exact) mass is 524 g/mol. The Hall–Kier alpha value is -3.28. The van der Waals surface area contributed by atoms with Crippen LogP contribution in [-0.2, 0) is 20.2 Å². The van der Waals surface area contributed by atoms with E-state index in [1.807, 2.05) is 39.3 Å². The number of ether oxygens (including phenoxy) is 1. The lowest BCUT2D eigenvalue weighted by atomic mass is 9.73. The minimum atomic E-state index is -3.55. The molecule has 1 fully saturated rings. The summed E-state index contributed by atoms with van der Waals surface area (Å²) < 4.78 is 32.5. The lowest BCUT2D eigenvalue weighted by molar-refractivity contribution is -0.128. The summed E-state index contributed by atoms with van der Waals surface area (Å²) in [6, 6.07) is 7.61. The number of likely N-dealkylation sites (N-methyl/N-ethyl adjacent to an activating group) is 2. The van der Waals surface area contributed by atoms with E-state index in [0.29, 0.717) is 19.7 Å². The van der Waals surface area contributed by atoms with Crippen molar-refractivity contribution in [3.8, 4) is 17.0 Å². The van der Waals surface area contributed by atoms with Gasteiger partial charge in [0.25, 0.3) is 0 Å². The largest absolute Gasteiger partial charge is 0.476 e. The SMILES string of the molecule is CN(C)CCCOc1ncc(-c2ccc3ncc4c(c3c2)C2(CN(C)C2)C(=O)N4C)cc1NS(C)(=O)=O. The van der Waals surface area contributed by atoms with Crippen molar-refractivity contribution in [2.24, 2.45) is 0 Å². The first-order chi connectivity index (χ1) is 17.5. The average molecular weight is 525 g/mol. The fraction of sp³-hybridized carbons (Fsp3) is 0.423. The lowest BCUT2D eigenvalue weighted by Gasteiger charge is -2.45. The Bertz CT molecular complexity index is 1480. The van der Waals surface area contributed by atoms with E-state index in [-0.39, 0.29) is 17.5 Å². The summed E-state index contributed by atoms with van der Waals surface area (Å²) in [6.07, 6.45) is 5.34. The zero-order valence-electron chi connectivity index (χ0n) is 21.8. The van der Waals surface area contributed by atoms with Gasteiger partial charge in [0.05, 0.1) is 30.3 Å². The zero-order valence-corrected chi connectivity index (χ0v) is 22.6. The molecule has 5 rings (SSSR count). The Labute approximate surface area is 217 Å². The van der Waals surface area contributed by atoms with Crippen LogP contribution in [0.2, 0.25) is 0 Å². The summed E-state index contributed by atoms with van der Waals surface area (Å²) in [4.78, 5) is 28.2. The molecular weight excluding hydrogens is 492 g/mol. The number of hydrogen-bond donors (Lipinski definition) is 1. The summed E-state index contributed by atoms with van der Waals surface area (Å²) in [6.45, 7) is 2.58. The fourth-order valence-electron chi connectivity index (χ4n) is 5.37. The third-order valence-electron chi connectivity index (χ3n) is 6.95. The van der Waals surface area contributed by atoms with Crippen LogP contribution in [0, 0.1) is 0 Å². The second kappa shape index (κ2) is 9.23. The Kier molecular flexibility index (Phi) is 6.33. The number of rotatable bonds is 8. The highest BCUT2D eigenvalue weighted by Crippen LogP contribution is 2.49. The Morgan fingerprint density at radius 2 is 1.86 bits per heavy atom. The maximum Gasteiger partial charge on any atom is 0.240 e. The summed E-state index contributed by atoms with van der Waals surface area (Å²) in [5, 5.41) is 0.919. The number of sulfonamides is 1. The van der Waals surface area contributed by atoms with Gasteiger partial charge in [-0.05, 0) is 51.3 Å². The molecule has 0 saturated carbocycles. The topological polar surface area (TPSA) is 108 Å². The Morgan fingerprint density at radius 1 is 1.11 bits per heavy atom. The van der Waals surface area contributed by atoms with E-state index >= 15 is 0 Å². The second-order valence-electron chi connectivity index (χ2n) is 10.3. The molecule has 0 radical (unpaired) electrons. The second-order valence-corrected chi connectivity index (χ2v) is 12.1. The van der Waals surface area contributed by atoms with Crippen molar-refractivity contribution in [1.29, 1.82) is 0 Å². The number of pyridine rings is 2. The highest BCUT2D eigenvalue weighted by Gasteiger charge is 2.57. The van der Waals surface area contributed by atoms with Crippen LogP contribution in [-0.4, -0.2) is 94.8 Å². The summed E-state index contributed by atoms with van der Waals surface area (Å²) in [5.41, 5.74) is 3.94. The van der Waals surface area contributed by atoms with Crippen molar-refractivity contribution in [3.63, 3.8) is 0 Å². The minimum Gasteiger partial charge on any atom is -0.476 e. The summed E-state index contributed by atoms with van der Waals surface area (Å²) in [7, 11) is 4.23. The van der Waals surface area contributed by atoms with E-state index in [1.54, 1.807) is 30.4 Å². The van der Waals surface area contributed by atoms with Crippen LogP contribution >= 0.6 is 0 Å². The van der Waals surface area contributed by atoms with Crippen LogP contribution in [0.4, 0.5) is 11.4 Å². The highest BCUT2D eigenvalue weighted by molar-refractivity contribution is 7.92. The van der Waals surface area contributed by atoms with Crippen LogP contribution < -0.4 is 14.4 Å². The number of nitrogens with zero attached hydrogens (tertiary/aromatic N) is 5. The molecule has 0 aliphatic carbocycles. The van der Waals surface area contributed by atoms with Gasteiger partial charge in [-0.2, -0.15) is 0 Å². The predicted octanol–water partition coefficient (Wildman–Crippen LogP) is 2.16. The minimum absolute atomic E-state index is 0.0948. The quantitative estimate of drug-likeness (QED) is 0.447. The zero-order chi connectivity index (χ0) is 26.5. The van der Waals surface area contributed by atoms with Crippen LogP contribution in [0.3, 0.4) is 0 Å². The van der Waals surface area contributed by atoms with E-state index in [0.717, 1.165) is 52.5 Å². The molecule has 0 atom stereocenters. The van der Waals surface area contributed by atoms with Gasteiger partial charge in [-0.25, -0.2) is 13.4 Å². The molecule has 1 N–H and O–H groups in total. The molecule has 3 aromatic rings. The van der Waals surface area contributed by atoms with Gasteiger partial charge >= 0.3 is 0 Å². The molecule has 2 aliphatic heterocycles. The first-order valence-electron chi connectivity index (χ1n) is 12.1. The van der Waals surface area contributed by atoms with Gasteiger partial charge in [0.2, 0.25) is 21.8 Å². The molecule has 0 bridgehead atoms. The number of anilines is 2. The number of benzene rings is 1. The van der Waals surface area contributed by atoms with Crippen molar-refractivity contribution in [2.75, 3.05) is 70.3 Å². The Balaban J connectivity index is 1.55. The maximum absolute atomic E-state index is 13.3. The van der Waals surface area contributed by atoms with E-state index < -0.39 is 15.4 Å². The molecule has 10 nitrogen and oxygen atoms in total. The van der Waals surface area contributed by atoms with Crippen LogP contribution in [0.5, 0.6) is 5.88 Å². The normalized spacial score (nSPS) is 16.9. The molecule has 1 amide bonds. The van der Waals surface area contributed by atoms with Crippen molar-refractivity contribution in [2.45, 2.75) is 11.8 Å². The van der Waals surface area contributed by atoms with Crippen molar-refractivity contribution < 1.29 is 17.9 Å². The van der Waals surface area contributed by atoms with E-state index in [9.17, 15) is 13.2 Å². The first kappa shape index (κ1) is 25.4. The van der Waals surface area contributed by atoms with Crippen LogP contribution in [0.1, 0.15) is 12.0 Å². The average Bonchev–Trinajstić information content (AvgIpc) is 3.03. The molecule has 11 heteroatoms. The van der Waals surface area contributed by atoms with Crippen LogP contribution in [0.15, 0.2) is 36.7 Å². The molecular formula is C26H32N6O4S. The number of carbonyl (C=O) groups excluding carboxylic acids is 1. The van der Waals surface area contributed by atoms with Crippen molar-refractivity contribution >= 4 is 38.2 Å². The number of aromatic nitrogens is 2. The number of fused-ring (bicyclic) bond motifs is 4. The van der Waals surface area contributed by atoms with E-state index in [4.69, 9.17) is 4.74 Å². The molecule has 1 spiro atoms. The van der Waals surface area contributed by atoms with Crippen molar-refractivity contribution in [1.82, 2.24) is 19.8 Å². The number of hydrogen-bond acceptors (Lipinski definition) is 8. The molecule has 4 heterocycles. The maximum atomic E-state index is 13.3. The van der Waals surface area contributed by atoms with Gasteiger partial charge in [-0.3, -0.25) is 14.5 Å². The Morgan fingerprint density at radius 3 is 2.54 bits per heavy atom. The first-order valence-corrected chi connectivity index (χ1v) is 14.0. The van der Waals surface area contributed by atoms with Gasteiger partial charge in [0.1, 0.15) is 11.1 Å². The molecule has 1 saturated heterocycles. The highest BCUT2D eigenvalue weighted by atomic mass is 32.2. The third-order valence-corrected chi connectivity index (χ3v) is 7.54. The predicted molar refractivity (Wildman–Crippen MR) is 145 cm³/mol. The third kappa shape index (κ3) is 4.62. The molecule has 1 aromatic carbocycles. The molecule has 2 aromatic heterocycles. The van der Waals surface area contributed by atoms with Gasteiger partial charge in [-0.15, -0.1) is 0 Å². The number of nitrogens with one attached hydrogen (secondary N) is 1. The van der Waals surface area contributed by atoms with Gasteiger partial charge in [0.15, 0.2) is 0 Å². The van der Waals surface area contributed by atoms with Crippen LogP contribution in [0.25, 0.3) is 22.0 Å². The van der Waals surface area contributed by atoms with E-state index in [1.165, 1.54) is 0 Å². The van der Waals surface area contributed by atoms with Gasteiger partial charge in [-0.1, -0.05) is 6.07 Å².